The Hall–Kier alpha value is -2.33. The fraction of sp³-hybridized carbons (Fsp3) is 0.350. The van der Waals surface area contributed by atoms with Crippen LogP contribution in [-0.2, 0) is 14.4 Å². The van der Waals surface area contributed by atoms with Gasteiger partial charge < -0.3 is 4.74 Å². The maximum Gasteiger partial charge on any atom is 0.314 e. The molecule has 2 aromatic rings. The van der Waals surface area contributed by atoms with E-state index in [9.17, 15) is 4.79 Å². The molecule has 4 nitrogen and oxygen atoms in total. The van der Waals surface area contributed by atoms with E-state index in [-0.39, 0.29) is 17.9 Å². The Morgan fingerprint density at radius 2 is 1.75 bits per heavy atom. The molecule has 2 unspecified atom stereocenters. The van der Waals surface area contributed by atoms with E-state index >= 15 is 0 Å². The lowest BCUT2D eigenvalue weighted by Gasteiger charge is -2.26. The van der Waals surface area contributed by atoms with Crippen molar-refractivity contribution >= 4 is 11.7 Å². The fourth-order valence-corrected chi connectivity index (χ4v) is 3.60. The van der Waals surface area contributed by atoms with E-state index in [0.717, 1.165) is 24.1 Å². The number of esters is 1. The third-order valence-corrected chi connectivity index (χ3v) is 4.85. The first kappa shape index (κ1) is 15.2. The lowest BCUT2D eigenvalue weighted by atomic mass is 9.87. The first-order valence-corrected chi connectivity index (χ1v) is 8.50. The van der Waals surface area contributed by atoms with Gasteiger partial charge in [0.05, 0.1) is 18.3 Å². The molecule has 4 rings (SSSR count). The Bertz CT molecular complexity index is 712. The molecule has 1 aliphatic carbocycles. The highest BCUT2D eigenvalue weighted by atomic mass is 16.7. The van der Waals surface area contributed by atoms with E-state index in [4.69, 9.17) is 9.57 Å². The molecule has 124 valence electrons. The second-order valence-corrected chi connectivity index (χ2v) is 6.40. The third-order valence-electron chi connectivity index (χ3n) is 4.85. The van der Waals surface area contributed by atoms with Crippen molar-refractivity contribution in [3.63, 3.8) is 0 Å². The van der Waals surface area contributed by atoms with Gasteiger partial charge in [0.25, 0.3) is 0 Å². The van der Waals surface area contributed by atoms with Crippen molar-refractivity contribution in [1.29, 1.82) is 0 Å². The van der Waals surface area contributed by atoms with Crippen molar-refractivity contribution in [3.05, 3.63) is 66.2 Å². The normalized spacial score (nSPS) is 24.1. The van der Waals surface area contributed by atoms with Gasteiger partial charge in [0.1, 0.15) is 11.5 Å². The molecule has 0 bridgehead atoms. The number of anilines is 1. The van der Waals surface area contributed by atoms with E-state index in [1.165, 1.54) is 0 Å². The molecule has 0 radical (unpaired) electrons. The van der Waals surface area contributed by atoms with Crippen LogP contribution in [0.25, 0.3) is 0 Å². The molecule has 1 saturated carbocycles. The quantitative estimate of drug-likeness (QED) is 0.800. The van der Waals surface area contributed by atoms with Gasteiger partial charge in [0, 0.05) is 0 Å². The summed E-state index contributed by atoms with van der Waals surface area (Å²) in [5, 5.41) is 1.91. The van der Waals surface area contributed by atoms with Crippen molar-refractivity contribution < 1.29 is 14.4 Å². The van der Waals surface area contributed by atoms with E-state index in [0.29, 0.717) is 6.61 Å². The monoisotopic (exact) mass is 323 g/mol. The summed E-state index contributed by atoms with van der Waals surface area (Å²) in [6, 6.07) is 19.9. The van der Waals surface area contributed by atoms with Crippen LogP contribution in [0.2, 0.25) is 0 Å². The van der Waals surface area contributed by atoms with Crippen LogP contribution in [0.3, 0.4) is 0 Å². The first-order valence-electron chi connectivity index (χ1n) is 8.50. The number of para-hydroxylation sites is 1. The van der Waals surface area contributed by atoms with E-state index in [1.807, 2.05) is 60.5 Å². The highest BCUT2D eigenvalue weighted by Gasteiger charge is 2.65. The highest BCUT2D eigenvalue weighted by Crippen LogP contribution is 2.59. The van der Waals surface area contributed by atoms with Crippen LogP contribution < -0.4 is 5.06 Å². The van der Waals surface area contributed by atoms with E-state index < -0.39 is 5.60 Å². The molecule has 2 fully saturated rings. The lowest BCUT2D eigenvalue weighted by Crippen LogP contribution is -2.32. The predicted octanol–water partition coefficient (Wildman–Crippen LogP) is 3.89. The van der Waals surface area contributed by atoms with Crippen molar-refractivity contribution in [1.82, 2.24) is 0 Å². The average Bonchev–Trinajstić information content (AvgIpc) is 3.30. The van der Waals surface area contributed by atoms with Gasteiger partial charge in [-0.3, -0.25) is 9.63 Å². The topological polar surface area (TPSA) is 38.8 Å². The van der Waals surface area contributed by atoms with Crippen LogP contribution in [0.1, 0.15) is 31.4 Å². The van der Waals surface area contributed by atoms with Crippen molar-refractivity contribution in [2.45, 2.75) is 31.4 Å². The van der Waals surface area contributed by atoms with Crippen LogP contribution >= 0.6 is 0 Å². The van der Waals surface area contributed by atoms with Crippen LogP contribution in [0, 0.1) is 5.92 Å². The minimum Gasteiger partial charge on any atom is -0.466 e. The summed E-state index contributed by atoms with van der Waals surface area (Å²) < 4.78 is 5.39. The Morgan fingerprint density at radius 3 is 2.33 bits per heavy atom. The standard InChI is InChI=1S/C20H21NO3/c1-2-23-19(22)17-18(15-9-5-3-6-10-15)21(24-20(17)13-14-20)16-11-7-4-8-12-16/h3-12,17-18H,2,13-14H2,1H3. The molecule has 0 N–H and O–H groups in total. The zero-order valence-corrected chi connectivity index (χ0v) is 13.7. The number of benzene rings is 2. The van der Waals surface area contributed by atoms with Gasteiger partial charge in [-0.05, 0) is 37.5 Å². The Kier molecular flexibility index (Phi) is 3.77. The fourth-order valence-electron chi connectivity index (χ4n) is 3.60. The predicted molar refractivity (Wildman–Crippen MR) is 91.3 cm³/mol. The average molecular weight is 323 g/mol. The maximum absolute atomic E-state index is 12.7. The molecule has 2 aromatic carbocycles. The zero-order valence-electron chi connectivity index (χ0n) is 13.7. The molecule has 4 heteroatoms. The molecule has 24 heavy (non-hydrogen) atoms. The largest absolute Gasteiger partial charge is 0.466 e. The maximum atomic E-state index is 12.7. The minimum atomic E-state index is -0.414. The summed E-state index contributed by atoms with van der Waals surface area (Å²) in [6.07, 6.45) is 1.78. The molecule has 2 aliphatic rings. The van der Waals surface area contributed by atoms with Gasteiger partial charge in [-0.15, -0.1) is 0 Å². The Morgan fingerprint density at radius 1 is 1.12 bits per heavy atom. The summed E-state index contributed by atoms with van der Waals surface area (Å²) in [6.45, 7) is 2.23. The highest BCUT2D eigenvalue weighted by molar-refractivity contribution is 5.78. The van der Waals surface area contributed by atoms with Crippen LogP contribution in [0.5, 0.6) is 0 Å². The summed E-state index contributed by atoms with van der Waals surface area (Å²) in [5.41, 5.74) is 1.62. The molecule has 0 aromatic heterocycles. The van der Waals surface area contributed by atoms with Gasteiger partial charge in [-0.2, -0.15) is 0 Å². The lowest BCUT2D eigenvalue weighted by molar-refractivity contribution is -0.151. The number of rotatable bonds is 4. The third kappa shape index (κ3) is 2.47. The molecule has 1 heterocycles. The van der Waals surface area contributed by atoms with Crippen molar-refractivity contribution in [2.24, 2.45) is 5.92 Å². The molecular formula is C20H21NO3. The van der Waals surface area contributed by atoms with Crippen LogP contribution in [0.4, 0.5) is 5.69 Å². The summed E-state index contributed by atoms with van der Waals surface area (Å²) in [5.74, 6) is -0.470. The smallest absolute Gasteiger partial charge is 0.314 e. The van der Waals surface area contributed by atoms with Gasteiger partial charge in [0.15, 0.2) is 0 Å². The summed E-state index contributed by atoms with van der Waals surface area (Å²) in [7, 11) is 0. The second kappa shape index (κ2) is 5.95. The van der Waals surface area contributed by atoms with Crippen molar-refractivity contribution in [3.8, 4) is 0 Å². The summed E-state index contributed by atoms with van der Waals surface area (Å²) in [4.78, 5) is 19.1. The van der Waals surface area contributed by atoms with Gasteiger partial charge in [-0.1, -0.05) is 48.5 Å². The number of hydrogen-bond donors (Lipinski definition) is 0. The molecule has 1 saturated heterocycles. The van der Waals surface area contributed by atoms with Crippen molar-refractivity contribution in [2.75, 3.05) is 11.7 Å². The number of carbonyl (C=O) groups is 1. The SMILES string of the molecule is CCOC(=O)C1C(c2ccccc2)N(c2ccccc2)OC12CC2. The molecule has 1 spiro atoms. The van der Waals surface area contributed by atoms with Gasteiger partial charge >= 0.3 is 5.97 Å². The summed E-state index contributed by atoms with van der Waals surface area (Å²) >= 11 is 0. The molecule has 0 amide bonds. The number of carbonyl (C=O) groups excluding carboxylic acids is 1. The number of hydroxylamine groups is 1. The molecular weight excluding hydrogens is 302 g/mol. The minimum absolute atomic E-state index is 0.165. The van der Waals surface area contributed by atoms with Crippen LogP contribution in [0.15, 0.2) is 60.7 Å². The van der Waals surface area contributed by atoms with Gasteiger partial charge in [0.2, 0.25) is 0 Å². The van der Waals surface area contributed by atoms with Crippen LogP contribution in [-0.4, -0.2) is 18.2 Å². The number of ether oxygens (including phenoxy) is 1. The van der Waals surface area contributed by atoms with Gasteiger partial charge in [-0.25, -0.2) is 5.06 Å². The van der Waals surface area contributed by atoms with E-state index in [1.54, 1.807) is 0 Å². The number of nitrogens with zero attached hydrogens (tertiary/aromatic N) is 1. The van der Waals surface area contributed by atoms with E-state index in [2.05, 4.69) is 12.1 Å². The number of hydrogen-bond acceptors (Lipinski definition) is 4. The molecule has 1 aliphatic heterocycles. The first-order chi connectivity index (χ1) is 11.7. The second-order valence-electron chi connectivity index (χ2n) is 6.40. The Labute approximate surface area is 141 Å². The Balaban J connectivity index is 1.78. The zero-order chi connectivity index (χ0) is 16.6. The molecule has 2 atom stereocenters.